The monoisotopic (exact) mass is 293 g/mol. The third-order valence-electron chi connectivity index (χ3n) is 3.87. The van der Waals surface area contributed by atoms with E-state index in [0.29, 0.717) is 13.0 Å². The molecular formula is C15H23N3O3. The van der Waals surface area contributed by atoms with E-state index in [4.69, 9.17) is 0 Å². The van der Waals surface area contributed by atoms with Gasteiger partial charge in [0.2, 0.25) is 0 Å². The second-order valence-corrected chi connectivity index (χ2v) is 5.57. The highest BCUT2D eigenvalue weighted by Gasteiger charge is 2.25. The highest BCUT2D eigenvalue weighted by Crippen LogP contribution is 2.18. The van der Waals surface area contributed by atoms with Crippen LogP contribution in [-0.4, -0.2) is 32.9 Å². The van der Waals surface area contributed by atoms with Crippen LogP contribution in [0.3, 0.4) is 0 Å². The van der Waals surface area contributed by atoms with E-state index in [1.54, 1.807) is 0 Å². The number of aliphatic hydroxyl groups is 1. The Balaban J connectivity index is 2.06. The van der Waals surface area contributed by atoms with Gasteiger partial charge in [0.25, 0.3) is 11.5 Å². The maximum Gasteiger partial charge on any atom is 0.272 e. The zero-order valence-electron chi connectivity index (χ0n) is 12.4. The number of aromatic nitrogens is 2. The summed E-state index contributed by atoms with van der Waals surface area (Å²) in [5, 5.41) is 16.8. The lowest BCUT2D eigenvalue weighted by molar-refractivity contribution is 0.0712. The summed E-state index contributed by atoms with van der Waals surface area (Å²) in [5.74, 6) is -0.328. The topological polar surface area (TPSA) is 84.2 Å². The molecule has 1 heterocycles. The predicted molar refractivity (Wildman–Crippen MR) is 79.1 cm³/mol. The second-order valence-electron chi connectivity index (χ2n) is 5.57. The highest BCUT2D eigenvalue weighted by molar-refractivity contribution is 5.92. The number of rotatable bonds is 5. The Kier molecular flexibility index (Phi) is 5.50. The van der Waals surface area contributed by atoms with E-state index in [9.17, 15) is 14.7 Å². The molecule has 1 saturated carbocycles. The van der Waals surface area contributed by atoms with Crippen molar-refractivity contribution in [2.45, 2.75) is 64.1 Å². The standard InChI is InChI=1S/C15H23N3O3/c1-2-3-10-18-14(20)9-8-12(17-18)15(21)16-11-6-4-5-7-13(11)19/h8-9,11,13,19H,2-7,10H2,1H3,(H,16,21)/t11-,13-/m1/s1. The van der Waals surface area contributed by atoms with E-state index in [1.165, 1.54) is 16.8 Å². The van der Waals surface area contributed by atoms with Crippen molar-refractivity contribution in [3.8, 4) is 0 Å². The SMILES string of the molecule is CCCCn1nc(C(=O)N[C@@H]2CCCC[C@H]2O)ccc1=O. The molecule has 0 unspecified atom stereocenters. The Bertz CT molecular complexity index is 541. The summed E-state index contributed by atoms with van der Waals surface area (Å²) in [4.78, 5) is 23.9. The van der Waals surface area contributed by atoms with Crippen LogP contribution in [0.25, 0.3) is 0 Å². The molecule has 0 aliphatic heterocycles. The van der Waals surface area contributed by atoms with Gasteiger partial charge in [-0.2, -0.15) is 5.10 Å². The van der Waals surface area contributed by atoms with Gasteiger partial charge >= 0.3 is 0 Å². The number of amides is 1. The average Bonchev–Trinajstić information content (AvgIpc) is 2.48. The van der Waals surface area contributed by atoms with Crippen molar-refractivity contribution in [2.75, 3.05) is 0 Å². The zero-order chi connectivity index (χ0) is 15.2. The van der Waals surface area contributed by atoms with Crippen molar-refractivity contribution in [1.82, 2.24) is 15.1 Å². The maximum absolute atomic E-state index is 12.2. The zero-order valence-corrected chi connectivity index (χ0v) is 12.4. The number of carbonyl (C=O) groups excluding carboxylic acids is 1. The van der Waals surface area contributed by atoms with E-state index >= 15 is 0 Å². The number of aliphatic hydroxyl groups excluding tert-OH is 1. The summed E-state index contributed by atoms with van der Waals surface area (Å²) < 4.78 is 1.33. The lowest BCUT2D eigenvalue weighted by atomic mass is 9.92. The van der Waals surface area contributed by atoms with Crippen molar-refractivity contribution < 1.29 is 9.90 Å². The first-order valence-electron chi connectivity index (χ1n) is 7.69. The minimum atomic E-state index is -0.492. The summed E-state index contributed by atoms with van der Waals surface area (Å²) in [6, 6.07) is 2.59. The fourth-order valence-corrected chi connectivity index (χ4v) is 2.56. The lowest BCUT2D eigenvalue weighted by Crippen LogP contribution is -2.45. The number of carbonyl (C=O) groups is 1. The van der Waals surface area contributed by atoms with Gasteiger partial charge in [-0.3, -0.25) is 9.59 Å². The molecule has 0 bridgehead atoms. The Morgan fingerprint density at radius 3 is 2.90 bits per heavy atom. The molecule has 0 saturated heterocycles. The normalized spacial score (nSPS) is 22.0. The van der Waals surface area contributed by atoms with Gasteiger partial charge in [-0.05, 0) is 25.3 Å². The smallest absolute Gasteiger partial charge is 0.272 e. The molecule has 1 aliphatic rings. The Morgan fingerprint density at radius 1 is 1.43 bits per heavy atom. The van der Waals surface area contributed by atoms with Crippen LogP contribution in [-0.2, 0) is 6.54 Å². The molecule has 1 aliphatic carbocycles. The van der Waals surface area contributed by atoms with Gasteiger partial charge in [0.1, 0.15) is 5.69 Å². The summed E-state index contributed by atoms with van der Waals surface area (Å²) in [7, 11) is 0. The predicted octanol–water partition coefficient (Wildman–Crippen LogP) is 1.08. The number of aryl methyl sites for hydroxylation is 1. The van der Waals surface area contributed by atoms with Gasteiger partial charge in [-0.1, -0.05) is 26.2 Å². The first-order valence-corrected chi connectivity index (χ1v) is 7.69. The van der Waals surface area contributed by atoms with Crippen LogP contribution in [0.5, 0.6) is 0 Å². The number of hydrogen-bond donors (Lipinski definition) is 2. The summed E-state index contributed by atoms with van der Waals surface area (Å²) in [6.07, 6.45) is 4.81. The van der Waals surface area contributed by atoms with Crippen molar-refractivity contribution in [3.63, 3.8) is 0 Å². The molecule has 1 aromatic heterocycles. The van der Waals surface area contributed by atoms with Gasteiger partial charge in [0, 0.05) is 12.6 Å². The van der Waals surface area contributed by atoms with Crippen LogP contribution in [0.1, 0.15) is 55.9 Å². The van der Waals surface area contributed by atoms with Crippen LogP contribution in [0.4, 0.5) is 0 Å². The van der Waals surface area contributed by atoms with Crippen LogP contribution in [0.15, 0.2) is 16.9 Å². The van der Waals surface area contributed by atoms with Crippen molar-refractivity contribution in [2.24, 2.45) is 0 Å². The van der Waals surface area contributed by atoms with Gasteiger partial charge in [0.15, 0.2) is 0 Å². The quantitative estimate of drug-likeness (QED) is 0.850. The molecular weight excluding hydrogens is 270 g/mol. The molecule has 6 nitrogen and oxygen atoms in total. The maximum atomic E-state index is 12.2. The van der Waals surface area contributed by atoms with Crippen LogP contribution < -0.4 is 10.9 Å². The third kappa shape index (κ3) is 4.14. The highest BCUT2D eigenvalue weighted by atomic mass is 16.3. The van der Waals surface area contributed by atoms with E-state index in [1.807, 2.05) is 6.92 Å². The molecule has 2 rings (SSSR count). The lowest BCUT2D eigenvalue weighted by Gasteiger charge is -2.28. The molecule has 2 atom stereocenters. The first-order chi connectivity index (χ1) is 10.1. The number of hydrogen-bond acceptors (Lipinski definition) is 4. The molecule has 116 valence electrons. The van der Waals surface area contributed by atoms with Crippen molar-refractivity contribution in [1.29, 1.82) is 0 Å². The number of nitrogens with one attached hydrogen (secondary N) is 1. The fourth-order valence-electron chi connectivity index (χ4n) is 2.56. The van der Waals surface area contributed by atoms with Crippen LogP contribution in [0, 0.1) is 0 Å². The molecule has 1 fully saturated rings. The largest absolute Gasteiger partial charge is 0.391 e. The minimum Gasteiger partial charge on any atom is -0.391 e. The van der Waals surface area contributed by atoms with Gasteiger partial charge in [0.05, 0.1) is 12.1 Å². The molecule has 2 N–H and O–H groups in total. The molecule has 21 heavy (non-hydrogen) atoms. The molecule has 0 radical (unpaired) electrons. The average molecular weight is 293 g/mol. The van der Waals surface area contributed by atoms with Crippen molar-refractivity contribution in [3.05, 3.63) is 28.2 Å². The third-order valence-corrected chi connectivity index (χ3v) is 3.87. The number of unbranched alkanes of at least 4 members (excludes halogenated alkanes) is 1. The van der Waals surface area contributed by atoms with E-state index in [0.717, 1.165) is 32.1 Å². The molecule has 1 aromatic rings. The van der Waals surface area contributed by atoms with Crippen molar-refractivity contribution >= 4 is 5.91 Å². The van der Waals surface area contributed by atoms with E-state index in [-0.39, 0.29) is 23.2 Å². The first kappa shape index (κ1) is 15.7. The van der Waals surface area contributed by atoms with Gasteiger partial charge < -0.3 is 10.4 Å². The summed E-state index contributed by atoms with van der Waals surface area (Å²) in [6.45, 7) is 2.55. The second kappa shape index (κ2) is 7.36. The Hall–Kier alpha value is -1.69. The Morgan fingerprint density at radius 2 is 2.19 bits per heavy atom. The van der Waals surface area contributed by atoms with Crippen LogP contribution in [0.2, 0.25) is 0 Å². The molecule has 6 heteroatoms. The minimum absolute atomic E-state index is 0.197. The van der Waals surface area contributed by atoms with Gasteiger partial charge in [-0.15, -0.1) is 0 Å². The summed E-state index contributed by atoms with van der Waals surface area (Å²) >= 11 is 0. The van der Waals surface area contributed by atoms with E-state index < -0.39 is 6.10 Å². The molecule has 1 amide bonds. The summed E-state index contributed by atoms with van der Waals surface area (Å²) in [5.41, 5.74) is 0.0289. The fraction of sp³-hybridized carbons (Fsp3) is 0.667. The van der Waals surface area contributed by atoms with Gasteiger partial charge in [-0.25, -0.2) is 4.68 Å². The molecule has 0 spiro atoms. The Labute approximate surface area is 124 Å². The van der Waals surface area contributed by atoms with Crippen LogP contribution >= 0.6 is 0 Å². The number of nitrogens with zero attached hydrogens (tertiary/aromatic N) is 2. The van der Waals surface area contributed by atoms with E-state index in [2.05, 4.69) is 10.4 Å². The molecule has 0 aromatic carbocycles.